The highest BCUT2D eigenvalue weighted by Gasteiger charge is 2.25. The number of carbonyl (C=O) groups is 1. The number of rotatable bonds is 5. The SMILES string of the molecule is COc1ccc(C(=O)c2c(C)c(C#N)c(=O)n(Cc3cccnc3)c2O)cc1. The number of pyridine rings is 2. The summed E-state index contributed by atoms with van der Waals surface area (Å²) in [6, 6.07) is 11.6. The number of ketones is 1. The second-order valence-corrected chi connectivity index (χ2v) is 6.12. The van der Waals surface area contributed by atoms with Crippen molar-refractivity contribution in [1.29, 1.82) is 5.26 Å². The van der Waals surface area contributed by atoms with Gasteiger partial charge in [0.25, 0.3) is 5.56 Å². The first-order valence-corrected chi connectivity index (χ1v) is 8.42. The van der Waals surface area contributed by atoms with Gasteiger partial charge in [0, 0.05) is 18.0 Å². The number of nitrogens with zero attached hydrogens (tertiary/aromatic N) is 3. The molecular formula is C21H17N3O4. The van der Waals surface area contributed by atoms with Crippen molar-refractivity contribution in [3.8, 4) is 17.7 Å². The van der Waals surface area contributed by atoms with E-state index in [-0.39, 0.29) is 23.2 Å². The number of nitriles is 1. The standard InChI is InChI=1S/C21H17N3O4/c1-13-17(10-22)20(26)24(12-14-4-3-9-23-11-14)21(27)18(13)19(25)15-5-7-16(28-2)8-6-15/h3-9,11,27H,12H2,1-2H3. The van der Waals surface area contributed by atoms with Crippen molar-refractivity contribution in [3.05, 3.63) is 87.0 Å². The molecule has 1 N–H and O–H groups in total. The third kappa shape index (κ3) is 3.35. The molecule has 2 aromatic heterocycles. The second-order valence-electron chi connectivity index (χ2n) is 6.12. The predicted octanol–water partition coefficient (Wildman–Crippen LogP) is 2.42. The van der Waals surface area contributed by atoms with E-state index in [0.717, 1.165) is 4.57 Å². The largest absolute Gasteiger partial charge is 0.497 e. The number of aromatic nitrogens is 2. The minimum atomic E-state index is -0.660. The molecule has 0 atom stereocenters. The van der Waals surface area contributed by atoms with Crippen LogP contribution in [-0.4, -0.2) is 27.6 Å². The lowest BCUT2D eigenvalue weighted by atomic mass is 9.97. The number of ether oxygens (including phenoxy) is 1. The lowest BCUT2D eigenvalue weighted by molar-refractivity contribution is 0.103. The lowest BCUT2D eigenvalue weighted by Gasteiger charge is -2.15. The lowest BCUT2D eigenvalue weighted by Crippen LogP contribution is -2.27. The van der Waals surface area contributed by atoms with Gasteiger partial charge in [-0.25, -0.2) is 0 Å². The van der Waals surface area contributed by atoms with Gasteiger partial charge in [0.2, 0.25) is 5.88 Å². The minimum Gasteiger partial charge on any atom is -0.497 e. The van der Waals surface area contributed by atoms with Gasteiger partial charge in [-0.15, -0.1) is 0 Å². The zero-order chi connectivity index (χ0) is 20.3. The Morgan fingerprint density at radius 3 is 2.57 bits per heavy atom. The Kier molecular flexibility index (Phi) is 5.23. The average Bonchev–Trinajstić information content (AvgIpc) is 2.72. The van der Waals surface area contributed by atoms with Gasteiger partial charge in [0.1, 0.15) is 17.4 Å². The van der Waals surface area contributed by atoms with Crippen LogP contribution in [0.5, 0.6) is 11.6 Å². The van der Waals surface area contributed by atoms with Gasteiger partial charge in [-0.3, -0.25) is 19.1 Å². The van der Waals surface area contributed by atoms with Crippen LogP contribution in [0.3, 0.4) is 0 Å². The first kappa shape index (κ1) is 18.9. The third-order valence-corrected chi connectivity index (χ3v) is 4.44. The van der Waals surface area contributed by atoms with E-state index in [2.05, 4.69) is 4.98 Å². The maximum atomic E-state index is 13.0. The highest BCUT2D eigenvalue weighted by molar-refractivity contribution is 6.11. The molecule has 0 fully saturated rings. The molecule has 28 heavy (non-hydrogen) atoms. The Morgan fingerprint density at radius 2 is 2.00 bits per heavy atom. The van der Waals surface area contributed by atoms with Gasteiger partial charge in [-0.1, -0.05) is 6.07 Å². The second kappa shape index (κ2) is 7.76. The van der Waals surface area contributed by atoms with Crippen molar-refractivity contribution in [2.24, 2.45) is 0 Å². The van der Waals surface area contributed by atoms with Crippen LogP contribution in [0.25, 0.3) is 0 Å². The van der Waals surface area contributed by atoms with Gasteiger partial charge in [0.05, 0.1) is 19.2 Å². The maximum absolute atomic E-state index is 13.0. The van der Waals surface area contributed by atoms with Gasteiger partial charge < -0.3 is 9.84 Å². The quantitative estimate of drug-likeness (QED) is 0.687. The van der Waals surface area contributed by atoms with E-state index < -0.39 is 17.2 Å². The summed E-state index contributed by atoms with van der Waals surface area (Å²) in [7, 11) is 1.51. The molecule has 3 rings (SSSR count). The fraction of sp³-hybridized carbons (Fsp3) is 0.143. The summed E-state index contributed by atoms with van der Waals surface area (Å²) in [6.07, 6.45) is 3.13. The van der Waals surface area contributed by atoms with E-state index in [1.807, 2.05) is 6.07 Å². The molecule has 0 amide bonds. The number of carbonyl (C=O) groups excluding carboxylic acids is 1. The van der Waals surface area contributed by atoms with Crippen LogP contribution in [0.1, 0.15) is 32.6 Å². The molecule has 0 saturated carbocycles. The first-order chi connectivity index (χ1) is 13.5. The smallest absolute Gasteiger partial charge is 0.271 e. The minimum absolute atomic E-state index is 0.0175. The Hall–Kier alpha value is -3.92. The Balaban J connectivity index is 2.17. The monoisotopic (exact) mass is 375 g/mol. The van der Waals surface area contributed by atoms with Crippen molar-refractivity contribution in [2.75, 3.05) is 7.11 Å². The van der Waals surface area contributed by atoms with Crippen molar-refractivity contribution < 1.29 is 14.6 Å². The number of aromatic hydroxyl groups is 1. The van der Waals surface area contributed by atoms with Crippen LogP contribution in [0, 0.1) is 18.3 Å². The fourth-order valence-corrected chi connectivity index (χ4v) is 2.93. The van der Waals surface area contributed by atoms with Gasteiger partial charge in [0.15, 0.2) is 5.78 Å². The molecule has 7 heteroatoms. The number of hydrogen-bond donors (Lipinski definition) is 1. The highest BCUT2D eigenvalue weighted by atomic mass is 16.5. The third-order valence-electron chi connectivity index (χ3n) is 4.44. The van der Waals surface area contributed by atoms with Crippen LogP contribution in [0.4, 0.5) is 0 Å². The molecule has 3 aromatic rings. The molecule has 2 heterocycles. The summed E-state index contributed by atoms with van der Waals surface area (Å²) in [4.78, 5) is 29.7. The molecule has 0 radical (unpaired) electrons. The molecule has 0 unspecified atom stereocenters. The van der Waals surface area contributed by atoms with Crippen molar-refractivity contribution in [1.82, 2.24) is 9.55 Å². The molecule has 0 bridgehead atoms. The van der Waals surface area contributed by atoms with Crippen molar-refractivity contribution in [2.45, 2.75) is 13.5 Å². The molecule has 1 aromatic carbocycles. The van der Waals surface area contributed by atoms with Crippen LogP contribution in [0.2, 0.25) is 0 Å². The first-order valence-electron chi connectivity index (χ1n) is 8.42. The normalized spacial score (nSPS) is 10.3. The summed E-state index contributed by atoms with van der Waals surface area (Å²) < 4.78 is 6.10. The Bertz CT molecular complexity index is 1130. The number of benzene rings is 1. The highest BCUT2D eigenvalue weighted by Crippen LogP contribution is 2.26. The maximum Gasteiger partial charge on any atom is 0.271 e. The summed E-state index contributed by atoms with van der Waals surface area (Å²) in [5, 5.41) is 20.2. The van der Waals surface area contributed by atoms with E-state index in [9.17, 15) is 20.0 Å². The van der Waals surface area contributed by atoms with E-state index in [1.165, 1.54) is 14.0 Å². The summed E-state index contributed by atoms with van der Waals surface area (Å²) in [5.41, 5.74) is 0.176. The van der Waals surface area contributed by atoms with E-state index in [4.69, 9.17) is 4.74 Å². The van der Waals surface area contributed by atoms with Crippen LogP contribution < -0.4 is 10.3 Å². The molecule has 0 spiro atoms. The molecule has 0 aliphatic carbocycles. The molecule has 7 nitrogen and oxygen atoms in total. The summed E-state index contributed by atoms with van der Waals surface area (Å²) in [5.74, 6) is -0.392. The molecular weight excluding hydrogens is 358 g/mol. The number of hydrogen-bond acceptors (Lipinski definition) is 6. The van der Waals surface area contributed by atoms with Crippen LogP contribution >= 0.6 is 0 Å². The average molecular weight is 375 g/mol. The Morgan fingerprint density at radius 1 is 1.29 bits per heavy atom. The topological polar surface area (TPSA) is 105 Å². The fourth-order valence-electron chi connectivity index (χ4n) is 2.93. The van der Waals surface area contributed by atoms with Gasteiger partial charge in [-0.2, -0.15) is 5.26 Å². The van der Waals surface area contributed by atoms with E-state index in [0.29, 0.717) is 16.9 Å². The van der Waals surface area contributed by atoms with Gasteiger partial charge in [-0.05, 0) is 48.4 Å². The van der Waals surface area contributed by atoms with Crippen molar-refractivity contribution in [3.63, 3.8) is 0 Å². The van der Waals surface area contributed by atoms with Crippen LogP contribution in [-0.2, 0) is 6.54 Å². The molecule has 140 valence electrons. The van der Waals surface area contributed by atoms with Gasteiger partial charge >= 0.3 is 0 Å². The Labute approximate surface area is 161 Å². The van der Waals surface area contributed by atoms with E-state index >= 15 is 0 Å². The van der Waals surface area contributed by atoms with Crippen molar-refractivity contribution >= 4 is 5.78 Å². The number of methoxy groups -OCH3 is 1. The molecule has 0 aliphatic heterocycles. The summed E-state index contributed by atoms with van der Waals surface area (Å²) in [6.45, 7) is 1.46. The predicted molar refractivity (Wildman–Crippen MR) is 102 cm³/mol. The zero-order valence-corrected chi connectivity index (χ0v) is 15.3. The molecule has 0 saturated heterocycles. The molecule has 0 aliphatic rings. The van der Waals surface area contributed by atoms with Crippen LogP contribution in [0.15, 0.2) is 53.6 Å². The van der Waals surface area contributed by atoms with E-state index in [1.54, 1.807) is 48.8 Å². The summed E-state index contributed by atoms with van der Waals surface area (Å²) >= 11 is 0. The zero-order valence-electron chi connectivity index (χ0n) is 15.3.